The van der Waals surface area contributed by atoms with Crippen molar-refractivity contribution in [1.82, 2.24) is 15.2 Å². The van der Waals surface area contributed by atoms with Gasteiger partial charge in [-0.25, -0.2) is 4.98 Å². The summed E-state index contributed by atoms with van der Waals surface area (Å²) in [6, 6.07) is 5.88. The zero-order valence-electron chi connectivity index (χ0n) is 11.6. The van der Waals surface area contributed by atoms with E-state index < -0.39 is 0 Å². The van der Waals surface area contributed by atoms with E-state index in [2.05, 4.69) is 28.3 Å². The molecule has 0 aromatic carbocycles. The second-order valence-corrected chi connectivity index (χ2v) is 5.37. The zero-order valence-corrected chi connectivity index (χ0v) is 11.6. The van der Waals surface area contributed by atoms with Crippen LogP contribution in [0.3, 0.4) is 0 Å². The van der Waals surface area contributed by atoms with Crippen molar-refractivity contribution < 1.29 is 0 Å². The van der Waals surface area contributed by atoms with Crippen molar-refractivity contribution in [3.8, 4) is 6.07 Å². The molecule has 0 atom stereocenters. The smallest absolute Gasteiger partial charge is 0.140 e. The molecular weight excluding hydrogens is 236 g/mol. The van der Waals surface area contributed by atoms with Crippen molar-refractivity contribution in [3.63, 3.8) is 0 Å². The third-order valence-corrected chi connectivity index (χ3v) is 3.84. The Hall–Kier alpha value is -1.44. The van der Waals surface area contributed by atoms with Crippen LogP contribution < -0.4 is 5.32 Å². The molecule has 1 saturated heterocycles. The molecule has 4 nitrogen and oxygen atoms in total. The molecule has 4 heteroatoms. The minimum Gasteiger partial charge on any atom is -0.313 e. The van der Waals surface area contributed by atoms with Gasteiger partial charge in [-0.05, 0) is 69.6 Å². The van der Waals surface area contributed by atoms with E-state index >= 15 is 0 Å². The fourth-order valence-electron chi connectivity index (χ4n) is 2.54. The average molecular weight is 258 g/mol. The van der Waals surface area contributed by atoms with Crippen LogP contribution in [0.2, 0.25) is 0 Å². The van der Waals surface area contributed by atoms with Gasteiger partial charge in [0.25, 0.3) is 0 Å². The van der Waals surface area contributed by atoms with Crippen LogP contribution in [-0.4, -0.2) is 36.6 Å². The minimum atomic E-state index is 0.495. The van der Waals surface area contributed by atoms with E-state index in [0.29, 0.717) is 5.69 Å². The van der Waals surface area contributed by atoms with Gasteiger partial charge in [-0.2, -0.15) is 5.26 Å². The van der Waals surface area contributed by atoms with Crippen LogP contribution in [0.1, 0.15) is 30.5 Å². The summed E-state index contributed by atoms with van der Waals surface area (Å²) < 4.78 is 0. The largest absolute Gasteiger partial charge is 0.313 e. The van der Waals surface area contributed by atoms with Gasteiger partial charge < -0.3 is 10.2 Å². The first-order chi connectivity index (χ1) is 9.28. The Labute approximate surface area is 115 Å². The quantitative estimate of drug-likeness (QED) is 0.818. The molecule has 1 aromatic heterocycles. The van der Waals surface area contributed by atoms with E-state index in [4.69, 9.17) is 5.26 Å². The third kappa shape index (κ3) is 4.62. The summed E-state index contributed by atoms with van der Waals surface area (Å²) in [6.45, 7) is 4.35. The van der Waals surface area contributed by atoms with Gasteiger partial charge in [-0.1, -0.05) is 0 Å². The molecule has 0 amide bonds. The maximum Gasteiger partial charge on any atom is 0.140 e. The summed E-state index contributed by atoms with van der Waals surface area (Å²) >= 11 is 0. The van der Waals surface area contributed by atoms with Gasteiger partial charge in [-0.3, -0.25) is 0 Å². The number of nitriles is 1. The number of rotatable bonds is 5. The van der Waals surface area contributed by atoms with Gasteiger partial charge in [0.2, 0.25) is 0 Å². The van der Waals surface area contributed by atoms with Crippen LogP contribution in [0.25, 0.3) is 0 Å². The highest BCUT2D eigenvalue weighted by Crippen LogP contribution is 2.18. The first-order valence-electron chi connectivity index (χ1n) is 7.02. The van der Waals surface area contributed by atoms with Crippen molar-refractivity contribution >= 4 is 0 Å². The lowest BCUT2D eigenvalue weighted by atomic mass is 9.94. The third-order valence-electron chi connectivity index (χ3n) is 3.84. The Morgan fingerprint density at radius 3 is 3.00 bits per heavy atom. The lowest BCUT2D eigenvalue weighted by Gasteiger charge is -2.28. The van der Waals surface area contributed by atoms with E-state index in [1.54, 1.807) is 6.20 Å². The van der Waals surface area contributed by atoms with E-state index in [9.17, 15) is 0 Å². The molecule has 0 spiro atoms. The number of hydrogen-bond acceptors (Lipinski definition) is 4. The summed E-state index contributed by atoms with van der Waals surface area (Å²) in [5.41, 5.74) is 1.63. The first-order valence-corrected chi connectivity index (χ1v) is 7.02. The number of pyridine rings is 1. The zero-order chi connectivity index (χ0) is 13.5. The highest BCUT2D eigenvalue weighted by atomic mass is 15.1. The summed E-state index contributed by atoms with van der Waals surface area (Å²) in [4.78, 5) is 6.38. The minimum absolute atomic E-state index is 0.495. The summed E-state index contributed by atoms with van der Waals surface area (Å²) in [5.74, 6) is 0.871. The Kier molecular flexibility index (Phi) is 5.31. The summed E-state index contributed by atoms with van der Waals surface area (Å²) in [5, 5.41) is 12.2. The Balaban J connectivity index is 1.65. The topological polar surface area (TPSA) is 52.0 Å². The normalized spacial score (nSPS) is 17.3. The fraction of sp³-hybridized carbons (Fsp3) is 0.600. The molecule has 1 N–H and O–H groups in total. The monoisotopic (exact) mass is 258 g/mol. The molecule has 1 aliphatic rings. The molecule has 102 valence electrons. The number of hydrogen-bond donors (Lipinski definition) is 1. The van der Waals surface area contributed by atoms with Crippen molar-refractivity contribution in [3.05, 3.63) is 29.6 Å². The molecule has 0 unspecified atom stereocenters. The highest BCUT2D eigenvalue weighted by Gasteiger charge is 2.15. The van der Waals surface area contributed by atoms with Crippen molar-refractivity contribution in [2.24, 2.45) is 5.92 Å². The van der Waals surface area contributed by atoms with Crippen LogP contribution >= 0.6 is 0 Å². The van der Waals surface area contributed by atoms with Gasteiger partial charge in [0.1, 0.15) is 11.8 Å². The van der Waals surface area contributed by atoms with E-state index in [1.165, 1.54) is 32.4 Å². The van der Waals surface area contributed by atoms with Crippen LogP contribution in [0.5, 0.6) is 0 Å². The maximum absolute atomic E-state index is 8.79. The molecule has 0 saturated carbocycles. The molecule has 2 heterocycles. The number of likely N-dealkylation sites (tertiary alicyclic amines) is 1. The van der Waals surface area contributed by atoms with Crippen molar-refractivity contribution in [2.45, 2.75) is 25.8 Å². The lowest BCUT2D eigenvalue weighted by Crippen LogP contribution is -2.31. The van der Waals surface area contributed by atoms with Gasteiger partial charge >= 0.3 is 0 Å². The number of piperidine rings is 1. The molecule has 1 aromatic rings. The first kappa shape index (κ1) is 14.0. The van der Waals surface area contributed by atoms with Crippen LogP contribution in [0, 0.1) is 17.2 Å². The molecule has 0 bridgehead atoms. The molecular formula is C15H22N4. The van der Waals surface area contributed by atoms with Crippen molar-refractivity contribution in [2.75, 3.05) is 26.7 Å². The SMILES string of the molecule is CN1CCC(CCNCc2ccnc(C#N)c2)CC1. The predicted molar refractivity (Wildman–Crippen MR) is 75.5 cm³/mol. The van der Waals surface area contributed by atoms with Crippen LogP contribution in [0.15, 0.2) is 18.3 Å². The van der Waals surface area contributed by atoms with E-state index in [1.807, 2.05) is 12.1 Å². The van der Waals surface area contributed by atoms with Crippen molar-refractivity contribution in [1.29, 1.82) is 5.26 Å². The van der Waals surface area contributed by atoms with E-state index in [-0.39, 0.29) is 0 Å². The maximum atomic E-state index is 8.79. The van der Waals surface area contributed by atoms with Crippen LogP contribution in [-0.2, 0) is 6.54 Å². The second-order valence-electron chi connectivity index (χ2n) is 5.37. The average Bonchev–Trinajstić information content (AvgIpc) is 2.46. The van der Waals surface area contributed by atoms with Gasteiger partial charge in [0, 0.05) is 12.7 Å². The lowest BCUT2D eigenvalue weighted by molar-refractivity contribution is 0.211. The van der Waals surface area contributed by atoms with Gasteiger partial charge in [0.15, 0.2) is 0 Å². The highest BCUT2D eigenvalue weighted by molar-refractivity contribution is 5.25. The molecule has 1 fully saturated rings. The Bertz CT molecular complexity index is 430. The standard InChI is InChI=1S/C15H22N4/c1-19-8-4-13(5-9-19)2-6-17-12-14-3-7-18-15(10-14)11-16/h3,7,10,13,17H,2,4-6,8-9,12H2,1H3. The van der Waals surface area contributed by atoms with E-state index in [0.717, 1.165) is 24.6 Å². The van der Waals surface area contributed by atoms with Crippen LogP contribution in [0.4, 0.5) is 0 Å². The number of nitrogens with one attached hydrogen (secondary N) is 1. The van der Waals surface area contributed by atoms with Gasteiger partial charge in [-0.15, -0.1) is 0 Å². The molecule has 1 aliphatic heterocycles. The molecule has 0 aliphatic carbocycles. The molecule has 2 rings (SSSR count). The summed E-state index contributed by atoms with van der Waals surface area (Å²) in [7, 11) is 2.20. The number of nitrogens with zero attached hydrogens (tertiary/aromatic N) is 3. The summed E-state index contributed by atoms with van der Waals surface area (Å²) in [6.07, 6.45) is 5.61. The van der Waals surface area contributed by atoms with Gasteiger partial charge in [0.05, 0.1) is 0 Å². The Morgan fingerprint density at radius 1 is 1.47 bits per heavy atom. The second kappa shape index (κ2) is 7.22. The Morgan fingerprint density at radius 2 is 2.26 bits per heavy atom. The number of aromatic nitrogens is 1. The fourth-order valence-corrected chi connectivity index (χ4v) is 2.54. The predicted octanol–water partition coefficient (Wildman–Crippen LogP) is 1.77. The molecule has 0 radical (unpaired) electrons. The molecule has 19 heavy (non-hydrogen) atoms.